The number of rotatable bonds is 5. The molecular formula is C16H27N3O. The van der Waals surface area contributed by atoms with Crippen LogP contribution in [0.15, 0.2) is 18.5 Å². The van der Waals surface area contributed by atoms with Crippen molar-refractivity contribution >= 4 is 5.69 Å². The first-order valence-electron chi connectivity index (χ1n) is 7.50. The van der Waals surface area contributed by atoms with Crippen molar-refractivity contribution in [2.24, 2.45) is 0 Å². The summed E-state index contributed by atoms with van der Waals surface area (Å²) < 4.78 is 5.70. The van der Waals surface area contributed by atoms with Crippen LogP contribution >= 0.6 is 0 Å². The van der Waals surface area contributed by atoms with Crippen molar-refractivity contribution in [3.63, 3.8) is 0 Å². The lowest BCUT2D eigenvalue weighted by atomic mass is 9.94. The molecule has 0 spiro atoms. The number of methoxy groups -OCH3 is 1. The summed E-state index contributed by atoms with van der Waals surface area (Å²) in [6.07, 6.45) is 6.16. The Morgan fingerprint density at radius 1 is 1.50 bits per heavy atom. The molecule has 112 valence electrons. The number of hydrogen-bond acceptors (Lipinski definition) is 4. The molecule has 1 aromatic rings. The molecule has 1 aromatic heterocycles. The Labute approximate surface area is 122 Å². The van der Waals surface area contributed by atoms with Gasteiger partial charge in [0, 0.05) is 56.4 Å². The lowest BCUT2D eigenvalue weighted by Gasteiger charge is -2.41. The molecule has 4 heteroatoms. The van der Waals surface area contributed by atoms with Gasteiger partial charge in [0.2, 0.25) is 0 Å². The highest BCUT2D eigenvalue weighted by molar-refractivity contribution is 5.53. The molecule has 1 N–H and O–H groups in total. The molecule has 1 fully saturated rings. The van der Waals surface area contributed by atoms with E-state index in [0.29, 0.717) is 6.04 Å². The third-order valence-corrected chi connectivity index (χ3v) is 4.07. The standard InChI is InChI=1S/C16H27N3O/c1-13(2)18-11-14-10-17-8-6-15(14)19-9-5-7-16(3,12-19)20-4/h6,8,10,13,18H,5,7,9,11-12H2,1-4H3. The average Bonchev–Trinajstić information content (AvgIpc) is 2.45. The van der Waals surface area contributed by atoms with Crippen molar-refractivity contribution in [3.05, 3.63) is 24.0 Å². The maximum Gasteiger partial charge on any atom is 0.0825 e. The maximum absolute atomic E-state index is 5.70. The van der Waals surface area contributed by atoms with Crippen molar-refractivity contribution in [2.45, 2.75) is 51.8 Å². The summed E-state index contributed by atoms with van der Waals surface area (Å²) in [7, 11) is 1.82. The number of anilines is 1. The number of nitrogens with one attached hydrogen (secondary N) is 1. The van der Waals surface area contributed by atoms with Gasteiger partial charge < -0.3 is 15.0 Å². The van der Waals surface area contributed by atoms with Crippen molar-refractivity contribution in [3.8, 4) is 0 Å². The van der Waals surface area contributed by atoms with Crippen LogP contribution < -0.4 is 10.2 Å². The maximum atomic E-state index is 5.70. The van der Waals surface area contributed by atoms with Crippen LogP contribution in [0.1, 0.15) is 39.2 Å². The van der Waals surface area contributed by atoms with Gasteiger partial charge in [0.1, 0.15) is 0 Å². The lowest BCUT2D eigenvalue weighted by molar-refractivity contribution is -0.00469. The van der Waals surface area contributed by atoms with Gasteiger partial charge in [-0.3, -0.25) is 4.98 Å². The van der Waals surface area contributed by atoms with Crippen molar-refractivity contribution < 1.29 is 4.74 Å². The summed E-state index contributed by atoms with van der Waals surface area (Å²) >= 11 is 0. The molecule has 1 saturated heterocycles. The first-order chi connectivity index (χ1) is 9.54. The molecule has 2 heterocycles. The van der Waals surface area contributed by atoms with Gasteiger partial charge in [-0.2, -0.15) is 0 Å². The van der Waals surface area contributed by atoms with Gasteiger partial charge in [0.25, 0.3) is 0 Å². The monoisotopic (exact) mass is 277 g/mol. The highest BCUT2D eigenvalue weighted by Crippen LogP contribution is 2.29. The molecule has 0 saturated carbocycles. The zero-order valence-corrected chi connectivity index (χ0v) is 13.1. The van der Waals surface area contributed by atoms with Gasteiger partial charge in [-0.05, 0) is 25.8 Å². The lowest BCUT2D eigenvalue weighted by Crippen LogP contribution is -2.47. The quantitative estimate of drug-likeness (QED) is 0.897. The molecule has 0 bridgehead atoms. The smallest absolute Gasteiger partial charge is 0.0825 e. The topological polar surface area (TPSA) is 37.4 Å². The fraction of sp³-hybridized carbons (Fsp3) is 0.688. The Balaban J connectivity index is 2.15. The normalized spacial score (nSPS) is 23.4. The molecule has 0 radical (unpaired) electrons. The zero-order valence-electron chi connectivity index (χ0n) is 13.1. The third-order valence-electron chi connectivity index (χ3n) is 4.07. The number of ether oxygens (including phenoxy) is 1. The molecule has 1 unspecified atom stereocenters. The second-order valence-corrected chi connectivity index (χ2v) is 6.22. The van der Waals surface area contributed by atoms with Gasteiger partial charge >= 0.3 is 0 Å². The van der Waals surface area contributed by atoms with Gasteiger partial charge in [0.05, 0.1) is 5.60 Å². The largest absolute Gasteiger partial charge is 0.377 e. The fourth-order valence-electron chi connectivity index (χ4n) is 2.76. The molecule has 0 aliphatic carbocycles. The van der Waals surface area contributed by atoms with E-state index in [1.165, 1.54) is 17.7 Å². The van der Waals surface area contributed by atoms with Crippen molar-refractivity contribution in [1.29, 1.82) is 0 Å². The average molecular weight is 277 g/mol. The summed E-state index contributed by atoms with van der Waals surface area (Å²) in [4.78, 5) is 6.71. The summed E-state index contributed by atoms with van der Waals surface area (Å²) in [5.41, 5.74) is 2.52. The van der Waals surface area contributed by atoms with Gasteiger partial charge in [-0.15, -0.1) is 0 Å². The minimum absolute atomic E-state index is 0.0374. The molecule has 20 heavy (non-hydrogen) atoms. The Bertz CT molecular complexity index is 435. The van der Waals surface area contributed by atoms with Crippen molar-refractivity contribution in [2.75, 3.05) is 25.1 Å². The first-order valence-corrected chi connectivity index (χ1v) is 7.50. The zero-order chi connectivity index (χ0) is 14.6. The molecule has 4 nitrogen and oxygen atoms in total. The van der Waals surface area contributed by atoms with Gasteiger partial charge in [0.15, 0.2) is 0 Å². The van der Waals surface area contributed by atoms with E-state index >= 15 is 0 Å². The van der Waals surface area contributed by atoms with Crippen molar-refractivity contribution in [1.82, 2.24) is 10.3 Å². The highest BCUT2D eigenvalue weighted by atomic mass is 16.5. The molecule has 1 aliphatic heterocycles. The third kappa shape index (κ3) is 3.70. The van der Waals surface area contributed by atoms with Gasteiger partial charge in [-0.25, -0.2) is 0 Å². The highest BCUT2D eigenvalue weighted by Gasteiger charge is 2.31. The first kappa shape index (κ1) is 15.3. The van der Waals surface area contributed by atoms with E-state index < -0.39 is 0 Å². The van der Waals surface area contributed by atoms with Crippen LogP contribution in [0, 0.1) is 0 Å². The Morgan fingerprint density at radius 2 is 2.30 bits per heavy atom. The van der Waals surface area contributed by atoms with E-state index in [-0.39, 0.29) is 5.60 Å². The minimum atomic E-state index is -0.0374. The van der Waals surface area contributed by atoms with Gasteiger partial charge in [-0.1, -0.05) is 13.8 Å². The van der Waals surface area contributed by atoms with Crippen LogP contribution in [0.4, 0.5) is 5.69 Å². The number of hydrogen-bond donors (Lipinski definition) is 1. The summed E-state index contributed by atoms with van der Waals surface area (Å²) in [5.74, 6) is 0. The van der Waals surface area contributed by atoms with E-state index in [1.807, 2.05) is 19.5 Å². The van der Waals surface area contributed by atoms with E-state index in [4.69, 9.17) is 4.74 Å². The van der Waals surface area contributed by atoms with Crippen LogP contribution in [0.25, 0.3) is 0 Å². The molecule has 1 atom stereocenters. The summed E-state index contributed by atoms with van der Waals surface area (Å²) in [5, 5.41) is 3.48. The van der Waals surface area contributed by atoms with E-state index in [1.54, 1.807) is 0 Å². The molecule has 1 aliphatic rings. The summed E-state index contributed by atoms with van der Waals surface area (Å²) in [6, 6.07) is 2.60. The SMILES string of the molecule is COC1(C)CCCN(c2ccncc2CNC(C)C)C1. The van der Waals surface area contributed by atoms with Crippen LogP contribution in [-0.2, 0) is 11.3 Å². The second kappa shape index (κ2) is 6.55. The molecule has 2 rings (SSSR count). The van der Waals surface area contributed by atoms with Crippen LogP contribution in [0.3, 0.4) is 0 Å². The number of pyridine rings is 1. The van der Waals surface area contributed by atoms with Crippen LogP contribution in [-0.4, -0.2) is 36.8 Å². The number of nitrogens with zero attached hydrogens (tertiary/aromatic N) is 2. The molecule has 0 amide bonds. The second-order valence-electron chi connectivity index (χ2n) is 6.22. The van der Waals surface area contributed by atoms with E-state index in [0.717, 1.165) is 26.1 Å². The fourth-order valence-corrected chi connectivity index (χ4v) is 2.76. The van der Waals surface area contributed by atoms with E-state index in [9.17, 15) is 0 Å². The minimum Gasteiger partial charge on any atom is -0.377 e. The molecular weight excluding hydrogens is 250 g/mol. The summed E-state index contributed by atoms with van der Waals surface area (Å²) in [6.45, 7) is 9.44. The van der Waals surface area contributed by atoms with Crippen LogP contribution in [0.5, 0.6) is 0 Å². The predicted molar refractivity (Wildman–Crippen MR) is 83.1 cm³/mol. The molecule has 0 aromatic carbocycles. The van der Waals surface area contributed by atoms with Crippen LogP contribution in [0.2, 0.25) is 0 Å². The Hall–Kier alpha value is -1.13. The number of aromatic nitrogens is 1. The number of piperidine rings is 1. The Kier molecular flexibility index (Phi) is 5.00. The van der Waals surface area contributed by atoms with E-state index in [2.05, 4.69) is 42.0 Å². The predicted octanol–water partition coefficient (Wildman–Crippen LogP) is 2.58. The Morgan fingerprint density at radius 3 is 3.00 bits per heavy atom.